The van der Waals surface area contributed by atoms with Crippen molar-refractivity contribution in [1.29, 1.82) is 5.26 Å². The highest BCUT2D eigenvalue weighted by Gasteiger charge is 2.39. The van der Waals surface area contributed by atoms with Gasteiger partial charge in [0.1, 0.15) is 5.82 Å². The number of hydrogen-bond acceptors (Lipinski definition) is 1. The summed E-state index contributed by atoms with van der Waals surface area (Å²) in [5.74, 6) is -0.299. The molecule has 1 fully saturated rings. The van der Waals surface area contributed by atoms with Crippen molar-refractivity contribution in [3.63, 3.8) is 0 Å². The molecule has 3 heteroatoms. The van der Waals surface area contributed by atoms with Gasteiger partial charge in [-0.25, -0.2) is 4.39 Å². The van der Waals surface area contributed by atoms with Crippen LogP contribution in [0.3, 0.4) is 0 Å². The third kappa shape index (κ3) is 3.09. The van der Waals surface area contributed by atoms with Crippen LogP contribution in [0.1, 0.15) is 45.1 Å². The van der Waals surface area contributed by atoms with Crippen LogP contribution >= 0.6 is 11.6 Å². The van der Waals surface area contributed by atoms with Gasteiger partial charge in [0, 0.05) is 10.6 Å². The summed E-state index contributed by atoms with van der Waals surface area (Å²) in [5, 5.41) is 9.97. The maximum Gasteiger partial charge on any atom is 0.127 e. The van der Waals surface area contributed by atoms with Gasteiger partial charge in [-0.15, -0.1) is 0 Å². The standard InChI is InChI=1S/C16H19ClFN/c1-15(2)6-8-16(11-19,9-7-15)10-12-13(17)4-3-5-14(12)18/h3-5H,6-10H2,1-2H3. The van der Waals surface area contributed by atoms with Crippen molar-refractivity contribution < 1.29 is 4.39 Å². The second-order valence-corrected chi connectivity index (χ2v) is 6.84. The van der Waals surface area contributed by atoms with Gasteiger partial charge >= 0.3 is 0 Å². The maximum atomic E-state index is 13.9. The molecule has 0 heterocycles. The largest absolute Gasteiger partial charge is 0.207 e. The van der Waals surface area contributed by atoms with Crippen LogP contribution in [0.15, 0.2) is 18.2 Å². The lowest BCUT2D eigenvalue weighted by Crippen LogP contribution is -2.32. The van der Waals surface area contributed by atoms with Crippen LogP contribution < -0.4 is 0 Å². The molecule has 0 radical (unpaired) electrons. The summed E-state index contributed by atoms with van der Waals surface area (Å²) < 4.78 is 13.9. The van der Waals surface area contributed by atoms with Crippen molar-refractivity contribution in [2.75, 3.05) is 0 Å². The Bertz CT molecular complexity index is 486. The quantitative estimate of drug-likeness (QED) is 0.736. The fraction of sp³-hybridized carbons (Fsp3) is 0.562. The van der Waals surface area contributed by atoms with Crippen molar-refractivity contribution in [2.45, 2.75) is 46.0 Å². The first-order valence-corrected chi connectivity index (χ1v) is 7.09. The first-order chi connectivity index (χ1) is 8.87. The van der Waals surface area contributed by atoms with E-state index in [0.717, 1.165) is 25.7 Å². The minimum atomic E-state index is -0.457. The van der Waals surface area contributed by atoms with Gasteiger partial charge in [-0.1, -0.05) is 31.5 Å². The molecule has 1 aliphatic carbocycles. The van der Waals surface area contributed by atoms with Gasteiger partial charge < -0.3 is 0 Å². The van der Waals surface area contributed by atoms with Crippen LogP contribution in [0.4, 0.5) is 4.39 Å². The third-order valence-electron chi connectivity index (χ3n) is 4.37. The molecular formula is C16H19ClFN. The average Bonchev–Trinajstić information content (AvgIpc) is 2.37. The lowest BCUT2D eigenvalue weighted by molar-refractivity contribution is 0.145. The molecule has 1 aromatic rings. The van der Waals surface area contributed by atoms with Gasteiger partial charge in [0.15, 0.2) is 0 Å². The number of benzene rings is 1. The summed E-state index contributed by atoms with van der Waals surface area (Å²) >= 11 is 6.07. The van der Waals surface area contributed by atoms with Gasteiger partial charge in [0.25, 0.3) is 0 Å². The lowest BCUT2D eigenvalue weighted by atomic mass is 9.64. The minimum Gasteiger partial charge on any atom is -0.207 e. The zero-order valence-electron chi connectivity index (χ0n) is 11.5. The van der Waals surface area contributed by atoms with Crippen LogP contribution in [-0.2, 0) is 6.42 Å². The molecule has 0 spiro atoms. The van der Waals surface area contributed by atoms with E-state index in [1.807, 2.05) is 0 Å². The number of halogens is 2. The Morgan fingerprint density at radius 3 is 2.42 bits per heavy atom. The van der Waals surface area contributed by atoms with Crippen LogP contribution in [0.25, 0.3) is 0 Å². The van der Waals surface area contributed by atoms with E-state index in [4.69, 9.17) is 11.6 Å². The van der Waals surface area contributed by atoms with Crippen LogP contribution in [-0.4, -0.2) is 0 Å². The number of rotatable bonds is 2. The first kappa shape index (κ1) is 14.3. The van der Waals surface area contributed by atoms with Gasteiger partial charge in [-0.2, -0.15) is 5.26 Å². The summed E-state index contributed by atoms with van der Waals surface area (Å²) in [4.78, 5) is 0. The fourth-order valence-electron chi connectivity index (χ4n) is 2.77. The molecule has 0 saturated heterocycles. The van der Waals surface area contributed by atoms with Crippen molar-refractivity contribution in [3.05, 3.63) is 34.6 Å². The zero-order chi connectivity index (χ0) is 14.1. The molecule has 1 saturated carbocycles. The van der Waals surface area contributed by atoms with E-state index >= 15 is 0 Å². The maximum absolute atomic E-state index is 13.9. The van der Waals surface area contributed by atoms with E-state index in [1.54, 1.807) is 12.1 Å². The molecule has 0 unspecified atom stereocenters. The Kier molecular flexibility index (Phi) is 3.87. The summed E-state index contributed by atoms with van der Waals surface area (Å²) in [5.41, 5.74) is 0.325. The number of nitrogens with zero attached hydrogens (tertiary/aromatic N) is 1. The van der Waals surface area contributed by atoms with E-state index in [9.17, 15) is 9.65 Å². The summed E-state index contributed by atoms with van der Waals surface area (Å²) in [6.07, 6.45) is 4.08. The van der Waals surface area contributed by atoms with Gasteiger partial charge in [0.2, 0.25) is 0 Å². The summed E-state index contributed by atoms with van der Waals surface area (Å²) in [7, 11) is 0. The number of nitriles is 1. The molecular weight excluding hydrogens is 261 g/mol. The van der Waals surface area contributed by atoms with E-state index in [0.29, 0.717) is 22.4 Å². The van der Waals surface area contributed by atoms with E-state index in [-0.39, 0.29) is 5.82 Å². The van der Waals surface area contributed by atoms with Gasteiger partial charge in [0.05, 0.1) is 11.5 Å². The molecule has 19 heavy (non-hydrogen) atoms. The van der Waals surface area contributed by atoms with E-state index in [1.165, 1.54) is 6.07 Å². The highest BCUT2D eigenvalue weighted by Crippen LogP contribution is 2.47. The van der Waals surface area contributed by atoms with Crippen LogP contribution in [0.2, 0.25) is 5.02 Å². The molecule has 1 aliphatic rings. The Morgan fingerprint density at radius 1 is 1.26 bits per heavy atom. The predicted molar refractivity (Wildman–Crippen MR) is 75.4 cm³/mol. The van der Waals surface area contributed by atoms with Crippen LogP contribution in [0.5, 0.6) is 0 Å². The first-order valence-electron chi connectivity index (χ1n) is 6.72. The Morgan fingerprint density at radius 2 is 1.89 bits per heavy atom. The van der Waals surface area contributed by atoms with Crippen molar-refractivity contribution in [2.24, 2.45) is 10.8 Å². The molecule has 0 aliphatic heterocycles. The van der Waals surface area contributed by atoms with E-state index < -0.39 is 5.41 Å². The molecule has 2 rings (SSSR count). The zero-order valence-corrected chi connectivity index (χ0v) is 12.2. The van der Waals surface area contributed by atoms with Crippen molar-refractivity contribution in [3.8, 4) is 6.07 Å². The highest BCUT2D eigenvalue weighted by molar-refractivity contribution is 6.31. The lowest BCUT2D eigenvalue weighted by Gasteiger charge is -2.39. The summed E-state index contributed by atoms with van der Waals surface area (Å²) in [6, 6.07) is 7.14. The fourth-order valence-corrected chi connectivity index (χ4v) is 3.00. The second kappa shape index (κ2) is 5.13. The smallest absolute Gasteiger partial charge is 0.127 e. The second-order valence-electron chi connectivity index (χ2n) is 6.43. The third-order valence-corrected chi connectivity index (χ3v) is 4.73. The molecule has 0 atom stereocenters. The predicted octanol–water partition coefficient (Wildman–Crippen LogP) is 5.13. The van der Waals surface area contributed by atoms with Gasteiger partial charge in [-0.3, -0.25) is 0 Å². The monoisotopic (exact) mass is 279 g/mol. The normalized spacial score (nSPS) is 20.8. The molecule has 0 bridgehead atoms. The molecule has 0 N–H and O–H groups in total. The molecule has 0 amide bonds. The average molecular weight is 280 g/mol. The van der Waals surface area contributed by atoms with E-state index in [2.05, 4.69) is 19.9 Å². The SMILES string of the molecule is CC1(C)CCC(C#N)(Cc2c(F)cccc2Cl)CC1. The molecule has 1 aromatic carbocycles. The molecule has 1 nitrogen and oxygen atoms in total. The Hall–Kier alpha value is -1.07. The molecule has 0 aromatic heterocycles. The summed E-state index contributed by atoms with van der Waals surface area (Å²) in [6.45, 7) is 4.45. The molecule has 102 valence electrons. The Balaban J connectivity index is 2.24. The van der Waals surface area contributed by atoms with Gasteiger partial charge in [-0.05, 0) is 49.7 Å². The Labute approximate surface area is 119 Å². The highest BCUT2D eigenvalue weighted by atomic mass is 35.5. The minimum absolute atomic E-state index is 0.291. The number of hydrogen-bond donors (Lipinski definition) is 0. The van der Waals surface area contributed by atoms with Crippen molar-refractivity contribution in [1.82, 2.24) is 0 Å². The van der Waals surface area contributed by atoms with Crippen molar-refractivity contribution >= 4 is 11.6 Å². The topological polar surface area (TPSA) is 23.8 Å². The van der Waals surface area contributed by atoms with Crippen LogP contribution in [0, 0.1) is 28.0 Å².